The number of aromatic nitrogens is 1. The van der Waals surface area contributed by atoms with Crippen molar-refractivity contribution in [2.75, 3.05) is 0 Å². The molecule has 4 heteroatoms. The molecule has 0 unspecified atom stereocenters. The van der Waals surface area contributed by atoms with Gasteiger partial charge in [-0.1, -0.05) is 42.0 Å². The molecule has 0 saturated heterocycles. The SMILES string of the molecule is Cc1ccc(-c2ccc(C#N)c(=O)n2Cc2cccc(C#N)c2)cc1. The van der Waals surface area contributed by atoms with Crippen molar-refractivity contribution in [2.45, 2.75) is 13.5 Å². The second kappa shape index (κ2) is 6.86. The van der Waals surface area contributed by atoms with E-state index in [1.165, 1.54) is 0 Å². The Morgan fingerprint density at radius 1 is 0.960 bits per heavy atom. The third kappa shape index (κ3) is 3.34. The zero-order chi connectivity index (χ0) is 17.8. The molecule has 0 aliphatic carbocycles. The quantitative estimate of drug-likeness (QED) is 0.738. The molecule has 4 nitrogen and oxygen atoms in total. The molecule has 0 N–H and O–H groups in total. The van der Waals surface area contributed by atoms with Crippen molar-refractivity contribution in [3.05, 3.63) is 93.3 Å². The molecule has 1 heterocycles. The number of nitrogens with zero attached hydrogens (tertiary/aromatic N) is 3. The van der Waals surface area contributed by atoms with Gasteiger partial charge in [0.25, 0.3) is 5.56 Å². The van der Waals surface area contributed by atoms with E-state index in [-0.39, 0.29) is 11.1 Å². The molecule has 0 aliphatic rings. The fraction of sp³-hybridized carbons (Fsp3) is 0.0952. The second-order valence-electron chi connectivity index (χ2n) is 5.81. The minimum Gasteiger partial charge on any atom is -0.303 e. The molecule has 25 heavy (non-hydrogen) atoms. The molecule has 0 bridgehead atoms. The van der Waals surface area contributed by atoms with Crippen LogP contribution >= 0.6 is 0 Å². The maximum atomic E-state index is 12.7. The molecule has 0 radical (unpaired) electrons. The lowest BCUT2D eigenvalue weighted by Crippen LogP contribution is -2.24. The van der Waals surface area contributed by atoms with Crippen molar-refractivity contribution in [2.24, 2.45) is 0 Å². The summed E-state index contributed by atoms with van der Waals surface area (Å²) < 4.78 is 1.58. The van der Waals surface area contributed by atoms with Gasteiger partial charge in [0.1, 0.15) is 11.6 Å². The van der Waals surface area contributed by atoms with Crippen molar-refractivity contribution in [1.29, 1.82) is 10.5 Å². The Bertz CT molecular complexity index is 1060. The third-order valence-electron chi connectivity index (χ3n) is 4.04. The molecule has 0 saturated carbocycles. The summed E-state index contributed by atoms with van der Waals surface area (Å²) in [6, 6.07) is 22.4. The summed E-state index contributed by atoms with van der Waals surface area (Å²) in [6.45, 7) is 2.30. The molecule has 0 fully saturated rings. The Balaban J connectivity index is 2.15. The van der Waals surface area contributed by atoms with E-state index in [9.17, 15) is 10.1 Å². The van der Waals surface area contributed by atoms with Gasteiger partial charge in [0.15, 0.2) is 0 Å². The van der Waals surface area contributed by atoms with Crippen LogP contribution in [0.5, 0.6) is 0 Å². The topological polar surface area (TPSA) is 69.6 Å². The molecular weight excluding hydrogens is 310 g/mol. The van der Waals surface area contributed by atoms with Crippen LogP contribution in [0.4, 0.5) is 0 Å². The summed E-state index contributed by atoms with van der Waals surface area (Å²) in [6.07, 6.45) is 0. The van der Waals surface area contributed by atoms with Gasteiger partial charge in [0, 0.05) is 0 Å². The average Bonchev–Trinajstić information content (AvgIpc) is 2.64. The van der Waals surface area contributed by atoms with Crippen LogP contribution in [0.2, 0.25) is 0 Å². The van der Waals surface area contributed by atoms with Crippen molar-refractivity contribution < 1.29 is 0 Å². The van der Waals surface area contributed by atoms with Gasteiger partial charge in [-0.3, -0.25) is 4.79 Å². The van der Waals surface area contributed by atoms with Gasteiger partial charge in [-0.2, -0.15) is 10.5 Å². The highest BCUT2D eigenvalue weighted by molar-refractivity contribution is 5.61. The third-order valence-corrected chi connectivity index (χ3v) is 4.04. The summed E-state index contributed by atoms with van der Waals surface area (Å²) in [4.78, 5) is 12.7. The average molecular weight is 325 g/mol. The Morgan fingerprint density at radius 3 is 2.40 bits per heavy atom. The Morgan fingerprint density at radius 2 is 1.72 bits per heavy atom. The van der Waals surface area contributed by atoms with E-state index in [0.29, 0.717) is 12.1 Å². The van der Waals surface area contributed by atoms with Crippen LogP contribution in [0, 0.1) is 29.6 Å². The Kier molecular flexibility index (Phi) is 4.46. The van der Waals surface area contributed by atoms with Crippen LogP contribution in [0.3, 0.4) is 0 Å². The van der Waals surface area contributed by atoms with Crippen LogP contribution in [-0.4, -0.2) is 4.57 Å². The van der Waals surface area contributed by atoms with Crippen molar-refractivity contribution in [3.8, 4) is 23.4 Å². The first kappa shape index (κ1) is 16.2. The van der Waals surface area contributed by atoms with Gasteiger partial charge in [-0.25, -0.2) is 0 Å². The predicted octanol–water partition coefficient (Wildman–Crippen LogP) is 3.62. The number of rotatable bonds is 3. The van der Waals surface area contributed by atoms with E-state index in [4.69, 9.17) is 5.26 Å². The highest BCUT2D eigenvalue weighted by Gasteiger charge is 2.11. The molecule has 3 aromatic rings. The lowest BCUT2D eigenvalue weighted by molar-refractivity contribution is 0.765. The zero-order valence-corrected chi connectivity index (χ0v) is 13.7. The van der Waals surface area contributed by atoms with E-state index in [2.05, 4.69) is 6.07 Å². The van der Waals surface area contributed by atoms with E-state index in [0.717, 1.165) is 22.4 Å². The summed E-state index contributed by atoms with van der Waals surface area (Å²) >= 11 is 0. The highest BCUT2D eigenvalue weighted by Crippen LogP contribution is 2.20. The van der Waals surface area contributed by atoms with Crippen LogP contribution < -0.4 is 5.56 Å². The van der Waals surface area contributed by atoms with E-state index >= 15 is 0 Å². The maximum absolute atomic E-state index is 12.7. The number of aryl methyl sites for hydroxylation is 1. The van der Waals surface area contributed by atoms with E-state index in [1.807, 2.05) is 43.3 Å². The van der Waals surface area contributed by atoms with Gasteiger partial charge in [0.2, 0.25) is 0 Å². The standard InChI is InChI=1S/C21H15N3O/c1-15-5-7-18(8-6-15)20-10-9-19(13-23)21(25)24(20)14-17-4-2-3-16(11-17)12-22/h2-11H,14H2,1H3. The van der Waals surface area contributed by atoms with Crippen LogP contribution in [-0.2, 0) is 6.54 Å². The monoisotopic (exact) mass is 325 g/mol. The van der Waals surface area contributed by atoms with Crippen molar-refractivity contribution in [1.82, 2.24) is 4.57 Å². The van der Waals surface area contributed by atoms with Crippen molar-refractivity contribution >= 4 is 0 Å². The molecule has 3 rings (SSSR count). The first-order valence-corrected chi connectivity index (χ1v) is 7.82. The summed E-state index contributed by atoms with van der Waals surface area (Å²) in [5.74, 6) is 0. The van der Waals surface area contributed by atoms with Crippen LogP contribution in [0.15, 0.2) is 65.5 Å². The summed E-state index contributed by atoms with van der Waals surface area (Å²) in [5, 5.41) is 18.2. The van der Waals surface area contributed by atoms with Gasteiger partial charge in [-0.05, 0) is 42.3 Å². The number of pyridine rings is 1. The largest absolute Gasteiger partial charge is 0.303 e. The van der Waals surface area contributed by atoms with Gasteiger partial charge in [0.05, 0.1) is 23.9 Å². The van der Waals surface area contributed by atoms with E-state index < -0.39 is 0 Å². The lowest BCUT2D eigenvalue weighted by atomic mass is 10.1. The van der Waals surface area contributed by atoms with Gasteiger partial charge >= 0.3 is 0 Å². The fourth-order valence-electron chi connectivity index (χ4n) is 2.72. The van der Waals surface area contributed by atoms with Crippen molar-refractivity contribution in [3.63, 3.8) is 0 Å². The number of benzene rings is 2. The Hall–Kier alpha value is -3.63. The smallest absolute Gasteiger partial charge is 0.269 e. The first-order chi connectivity index (χ1) is 12.1. The molecule has 120 valence electrons. The normalized spacial score (nSPS) is 10.0. The zero-order valence-electron chi connectivity index (χ0n) is 13.7. The van der Waals surface area contributed by atoms with Gasteiger partial charge < -0.3 is 4.57 Å². The van der Waals surface area contributed by atoms with Gasteiger partial charge in [-0.15, -0.1) is 0 Å². The lowest BCUT2D eigenvalue weighted by Gasteiger charge is -2.14. The van der Waals surface area contributed by atoms with E-state index in [1.54, 1.807) is 34.9 Å². The minimum atomic E-state index is -0.331. The first-order valence-electron chi connectivity index (χ1n) is 7.82. The molecule has 0 aliphatic heterocycles. The molecule has 1 aromatic heterocycles. The number of hydrogen-bond donors (Lipinski definition) is 0. The minimum absolute atomic E-state index is 0.104. The predicted molar refractivity (Wildman–Crippen MR) is 95.8 cm³/mol. The fourth-order valence-corrected chi connectivity index (χ4v) is 2.72. The van der Waals surface area contributed by atoms with Crippen LogP contribution in [0.25, 0.3) is 11.3 Å². The number of nitriles is 2. The summed E-state index contributed by atoms with van der Waals surface area (Å²) in [5.41, 5.74) is 3.93. The van der Waals surface area contributed by atoms with Crippen LogP contribution in [0.1, 0.15) is 22.3 Å². The maximum Gasteiger partial charge on any atom is 0.269 e. The molecular formula is C21H15N3O. The number of hydrogen-bond acceptors (Lipinski definition) is 3. The molecule has 2 aromatic carbocycles. The second-order valence-corrected chi connectivity index (χ2v) is 5.81. The molecule has 0 atom stereocenters. The summed E-state index contributed by atoms with van der Waals surface area (Å²) in [7, 11) is 0. The molecule has 0 amide bonds. The molecule has 0 spiro atoms. The highest BCUT2D eigenvalue weighted by atomic mass is 16.1. The Labute approximate surface area is 145 Å².